The lowest BCUT2D eigenvalue weighted by atomic mass is 10.0. The molecule has 0 heterocycles. The quantitative estimate of drug-likeness (QED) is 0.372. The molecule has 1 atom stereocenters. The molecule has 1 N–H and O–H groups in total. The van der Waals surface area contributed by atoms with Crippen molar-refractivity contribution in [3.8, 4) is 0 Å². The molecule has 0 aromatic carbocycles. The van der Waals surface area contributed by atoms with Gasteiger partial charge in [-0.1, -0.05) is 46.6 Å². The van der Waals surface area contributed by atoms with E-state index in [1.54, 1.807) is 0 Å². The Kier molecular flexibility index (Phi) is 13.6. The molecule has 0 aliphatic carbocycles. The Balaban J connectivity index is 3.96. The van der Waals surface area contributed by atoms with Crippen molar-refractivity contribution >= 4 is 0 Å². The normalized spacial score (nSPS) is 14.7. The van der Waals surface area contributed by atoms with E-state index in [0.717, 1.165) is 32.1 Å². The summed E-state index contributed by atoms with van der Waals surface area (Å²) in [7, 11) is 0. The summed E-state index contributed by atoms with van der Waals surface area (Å²) in [5.74, 6) is 0. The van der Waals surface area contributed by atoms with E-state index in [9.17, 15) is 5.11 Å². The van der Waals surface area contributed by atoms with E-state index in [-0.39, 0.29) is 6.10 Å². The SMILES string of the molecule is CC(C)=CCC/C(C)=C/CC/C(C)=C/CC/C(C)=C/CCC(C)O. The molecule has 0 fully saturated rings. The van der Waals surface area contributed by atoms with Gasteiger partial charge in [-0.05, 0) is 92.9 Å². The van der Waals surface area contributed by atoms with Gasteiger partial charge in [-0.2, -0.15) is 0 Å². The van der Waals surface area contributed by atoms with Crippen molar-refractivity contribution in [1.29, 1.82) is 0 Å². The predicted molar refractivity (Wildman–Crippen MR) is 109 cm³/mol. The van der Waals surface area contributed by atoms with Gasteiger partial charge in [0.15, 0.2) is 0 Å². The molecule has 0 aromatic rings. The monoisotopic (exact) mass is 332 g/mol. The second kappa shape index (κ2) is 14.3. The van der Waals surface area contributed by atoms with Crippen LogP contribution in [0.15, 0.2) is 46.6 Å². The molecular weight excluding hydrogens is 292 g/mol. The summed E-state index contributed by atoms with van der Waals surface area (Å²) in [6.07, 6.45) is 18.0. The first-order valence-electron chi connectivity index (χ1n) is 9.59. The van der Waals surface area contributed by atoms with Crippen LogP contribution in [0.1, 0.15) is 92.9 Å². The summed E-state index contributed by atoms with van der Waals surface area (Å²) in [5.41, 5.74) is 5.86. The van der Waals surface area contributed by atoms with Crippen LogP contribution >= 0.6 is 0 Å². The van der Waals surface area contributed by atoms with E-state index in [4.69, 9.17) is 0 Å². The van der Waals surface area contributed by atoms with Crippen molar-refractivity contribution in [3.63, 3.8) is 0 Å². The molecule has 0 amide bonds. The number of hydrogen-bond donors (Lipinski definition) is 1. The largest absolute Gasteiger partial charge is 0.393 e. The molecule has 24 heavy (non-hydrogen) atoms. The first-order valence-corrected chi connectivity index (χ1v) is 9.59. The second-order valence-corrected chi connectivity index (χ2v) is 7.48. The fourth-order valence-corrected chi connectivity index (χ4v) is 2.56. The molecule has 0 aliphatic rings. The third-order valence-corrected chi connectivity index (χ3v) is 4.23. The van der Waals surface area contributed by atoms with E-state index in [1.165, 1.54) is 41.6 Å². The van der Waals surface area contributed by atoms with Crippen LogP contribution in [0.5, 0.6) is 0 Å². The van der Waals surface area contributed by atoms with E-state index in [2.05, 4.69) is 58.9 Å². The van der Waals surface area contributed by atoms with Crippen LogP contribution in [0.2, 0.25) is 0 Å². The molecule has 0 aliphatic heterocycles. The van der Waals surface area contributed by atoms with Gasteiger partial charge in [0.2, 0.25) is 0 Å². The highest BCUT2D eigenvalue weighted by molar-refractivity contribution is 5.07. The summed E-state index contributed by atoms with van der Waals surface area (Å²) in [6.45, 7) is 12.9. The third kappa shape index (κ3) is 15.8. The summed E-state index contributed by atoms with van der Waals surface area (Å²) < 4.78 is 0. The van der Waals surface area contributed by atoms with Crippen LogP contribution in [-0.2, 0) is 0 Å². The Morgan fingerprint density at radius 2 is 1.04 bits per heavy atom. The zero-order valence-corrected chi connectivity index (χ0v) is 17.0. The molecule has 0 aromatic heterocycles. The van der Waals surface area contributed by atoms with Gasteiger partial charge >= 0.3 is 0 Å². The smallest absolute Gasteiger partial charge is 0.0515 e. The van der Waals surface area contributed by atoms with Gasteiger partial charge in [-0.3, -0.25) is 0 Å². The molecular formula is C23H40O. The minimum Gasteiger partial charge on any atom is -0.393 e. The van der Waals surface area contributed by atoms with Gasteiger partial charge in [0.25, 0.3) is 0 Å². The summed E-state index contributed by atoms with van der Waals surface area (Å²) in [5, 5.41) is 9.26. The topological polar surface area (TPSA) is 20.2 Å². The van der Waals surface area contributed by atoms with Crippen LogP contribution < -0.4 is 0 Å². The highest BCUT2D eigenvalue weighted by Gasteiger charge is 1.95. The lowest BCUT2D eigenvalue weighted by molar-refractivity contribution is 0.186. The Labute approximate surface area is 151 Å². The van der Waals surface area contributed by atoms with Gasteiger partial charge in [0.05, 0.1) is 6.10 Å². The zero-order valence-electron chi connectivity index (χ0n) is 17.0. The standard InChI is InChI=1S/C23H40O/c1-19(2)11-7-12-20(3)13-8-14-21(4)15-9-16-22(5)17-10-18-23(6)24/h11,13,15,17,23-24H,7-10,12,14,16,18H2,1-6H3/b20-13+,21-15+,22-17+. The van der Waals surface area contributed by atoms with Crippen LogP contribution in [0, 0.1) is 0 Å². The maximum Gasteiger partial charge on any atom is 0.0515 e. The van der Waals surface area contributed by atoms with Gasteiger partial charge in [0, 0.05) is 0 Å². The van der Waals surface area contributed by atoms with E-state index in [1.807, 2.05) is 6.92 Å². The maximum absolute atomic E-state index is 9.26. The number of allylic oxidation sites excluding steroid dienone is 8. The highest BCUT2D eigenvalue weighted by Crippen LogP contribution is 2.14. The fraction of sp³-hybridized carbons (Fsp3) is 0.652. The Morgan fingerprint density at radius 1 is 0.667 bits per heavy atom. The number of rotatable bonds is 12. The van der Waals surface area contributed by atoms with Crippen molar-refractivity contribution in [1.82, 2.24) is 0 Å². The highest BCUT2D eigenvalue weighted by atomic mass is 16.3. The van der Waals surface area contributed by atoms with Crippen LogP contribution in [0.25, 0.3) is 0 Å². The molecule has 0 bridgehead atoms. The zero-order chi connectivity index (χ0) is 18.4. The van der Waals surface area contributed by atoms with Gasteiger partial charge < -0.3 is 5.11 Å². The second-order valence-electron chi connectivity index (χ2n) is 7.48. The molecule has 0 saturated heterocycles. The number of aliphatic hydroxyl groups excluding tert-OH is 1. The van der Waals surface area contributed by atoms with Gasteiger partial charge in [0.1, 0.15) is 0 Å². The average molecular weight is 333 g/mol. The molecule has 0 saturated carbocycles. The van der Waals surface area contributed by atoms with Crippen LogP contribution in [0.3, 0.4) is 0 Å². The molecule has 138 valence electrons. The maximum atomic E-state index is 9.26. The first-order chi connectivity index (χ1) is 11.3. The molecule has 1 nitrogen and oxygen atoms in total. The fourth-order valence-electron chi connectivity index (χ4n) is 2.56. The minimum absolute atomic E-state index is 0.185. The van der Waals surface area contributed by atoms with Crippen molar-refractivity contribution in [2.24, 2.45) is 0 Å². The average Bonchev–Trinajstić information content (AvgIpc) is 2.46. The number of aliphatic hydroxyl groups is 1. The molecule has 0 spiro atoms. The Bertz CT molecular complexity index is 443. The summed E-state index contributed by atoms with van der Waals surface area (Å²) >= 11 is 0. The first kappa shape index (κ1) is 22.9. The number of hydrogen-bond acceptors (Lipinski definition) is 1. The van der Waals surface area contributed by atoms with Gasteiger partial charge in [-0.15, -0.1) is 0 Å². The molecule has 0 radical (unpaired) electrons. The van der Waals surface area contributed by atoms with Crippen LogP contribution in [0.4, 0.5) is 0 Å². The van der Waals surface area contributed by atoms with Crippen molar-refractivity contribution in [2.75, 3.05) is 0 Å². The summed E-state index contributed by atoms with van der Waals surface area (Å²) in [4.78, 5) is 0. The molecule has 0 rings (SSSR count). The predicted octanol–water partition coefficient (Wildman–Crippen LogP) is 7.29. The minimum atomic E-state index is -0.185. The van der Waals surface area contributed by atoms with Crippen LogP contribution in [-0.4, -0.2) is 11.2 Å². The van der Waals surface area contributed by atoms with E-state index in [0.29, 0.717) is 0 Å². The molecule has 1 heteroatoms. The summed E-state index contributed by atoms with van der Waals surface area (Å²) in [6, 6.07) is 0. The lowest BCUT2D eigenvalue weighted by Gasteiger charge is -2.03. The third-order valence-electron chi connectivity index (χ3n) is 4.23. The van der Waals surface area contributed by atoms with E-state index < -0.39 is 0 Å². The van der Waals surface area contributed by atoms with Crippen molar-refractivity contribution in [3.05, 3.63) is 46.6 Å². The lowest BCUT2D eigenvalue weighted by Crippen LogP contribution is -1.97. The molecule has 1 unspecified atom stereocenters. The van der Waals surface area contributed by atoms with Gasteiger partial charge in [-0.25, -0.2) is 0 Å². The van der Waals surface area contributed by atoms with Crippen molar-refractivity contribution < 1.29 is 5.11 Å². The van der Waals surface area contributed by atoms with E-state index >= 15 is 0 Å². The Morgan fingerprint density at radius 3 is 1.42 bits per heavy atom. The Hall–Kier alpha value is -1.08. The van der Waals surface area contributed by atoms with Crippen molar-refractivity contribution in [2.45, 2.75) is 99.0 Å².